The number of nitrogens with one attached hydrogen (secondary N) is 1. The van der Waals surface area contributed by atoms with Gasteiger partial charge in [0, 0.05) is 11.4 Å². The minimum absolute atomic E-state index is 0.294. The van der Waals surface area contributed by atoms with Crippen molar-refractivity contribution < 1.29 is 14.0 Å². The molecule has 0 aromatic heterocycles. The van der Waals surface area contributed by atoms with Crippen molar-refractivity contribution in [1.82, 2.24) is 0 Å². The summed E-state index contributed by atoms with van der Waals surface area (Å²) in [7, 11) is 0. The van der Waals surface area contributed by atoms with E-state index in [1.54, 1.807) is 24.3 Å². The number of anilines is 1. The summed E-state index contributed by atoms with van der Waals surface area (Å²) in [6.45, 7) is 0. The lowest BCUT2D eigenvalue weighted by molar-refractivity contribution is -0.125. The monoisotopic (exact) mass is 352 g/mol. The normalized spacial score (nSPS) is 16.7. The molecule has 0 unspecified atom stereocenters. The van der Waals surface area contributed by atoms with E-state index in [0.29, 0.717) is 33.4 Å². The Hall–Kier alpha value is -2.11. The first-order chi connectivity index (χ1) is 11.0. The number of nitrogens with zero attached hydrogens (tertiary/aromatic N) is 1. The van der Waals surface area contributed by atoms with Crippen molar-refractivity contribution in [3.05, 3.63) is 63.9 Å². The molecule has 0 radical (unpaired) electrons. The SMILES string of the molecule is O=C(Nc1ccc(Cl)cc1Cl)[C@H]1CC(c2ccc(F)cc2)=NO1. The van der Waals surface area contributed by atoms with Crippen LogP contribution in [0.2, 0.25) is 10.0 Å². The zero-order valence-corrected chi connectivity index (χ0v) is 13.2. The Kier molecular flexibility index (Phi) is 4.50. The molecule has 3 rings (SSSR count). The number of hydrogen-bond acceptors (Lipinski definition) is 3. The van der Waals surface area contributed by atoms with E-state index in [9.17, 15) is 9.18 Å². The van der Waals surface area contributed by atoms with Crippen LogP contribution in [0.25, 0.3) is 0 Å². The fourth-order valence-electron chi connectivity index (χ4n) is 2.13. The Morgan fingerprint density at radius 3 is 2.65 bits per heavy atom. The Morgan fingerprint density at radius 2 is 1.96 bits per heavy atom. The third-order valence-electron chi connectivity index (χ3n) is 3.33. The minimum Gasteiger partial charge on any atom is -0.382 e. The van der Waals surface area contributed by atoms with Crippen molar-refractivity contribution in [2.45, 2.75) is 12.5 Å². The fraction of sp³-hybridized carbons (Fsp3) is 0.125. The molecule has 118 valence electrons. The summed E-state index contributed by atoms with van der Waals surface area (Å²) in [5.41, 5.74) is 1.75. The number of halogens is 3. The molecule has 2 aromatic carbocycles. The van der Waals surface area contributed by atoms with Crippen LogP contribution in [0.4, 0.5) is 10.1 Å². The molecule has 2 aromatic rings. The number of rotatable bonds is 3. The van der Waals surface area contributed by atoms with Crippen molar-refractivity contribution >= 4 is 40.5 Å². The number of hydrogen-bond donors (Lipinski definition) is 1. The summed E-state index contributed by atoms with van der Waals surface area (Å²) >= 11 is 11.8. The van der Waals surface area contributed by atoms with Crippen LogP contribution in [0.1, 0.15) is 12.0 Å². The Balaban J connectivity index is 1.65. The standard InChI is InChI=1S/C16H11Cl2FN2O2/c17-10-3-6-13(12(18)7-10)20-16(22)15-8-14(21-23-15)9-1-4-11(19)5-2-9/h1-7,15H,8H2,(H,20,22)/t15-/m1/s1. The smallest absolute Gasteiger partial charge is 0.268 e. The molecular weight excluding hydrogens is 342 g/mol. The molecule has 1 amide bonds. The third-order valence-corrected chi connectivity index (χ3v) is 3.88. The summed E-state index contributed by atoms with van der Waals surface area (Å²) < 4.78 is 12.9. The minimum atomic E-state index is -0.762. The van der Waals surface area contributed by atoms with Crippen LogP contribution in [0.5, 0.6) is 0 Å². The van der Waals surface area contributed by atoms with Crippen molar-refractivity contribution in [3.8, 4) is 0 Å². The van der Waals surface area contributed by atoms with E-state index in [1.165, 1.54) is 18.2 Å². The van der Waals surface area contributed by atoms with Crippen molar-refractivity contribution in [3.63, 3.8) is 0 Å². The Labute approximate surface area is 141 Å². The highest BCUT2D eigenvalue weighted by Gasteiger charge is 2.29. The van der Waals surface area contributed by atoms with Crippen LogP contribution in [0.3, 0.4) is 0 Å². The molecule has 23 heavy (non-hydrogen) atoms. The van der Waals surface area contributed by atoms with Gasteiger partial charge in [0.05, 0.1) is 16.4 Å². The highest BCUT2D eigenvalue weighted by molar-refractivity contribution is 6.36. The predicted molar refractivity (Wildman–Crippen MR) is 87.5 cm³/mol. The van der Waals surface area contributed by atoms with Gasteiger partial charge in [0.15, 0.2) is 0 Å². The maximum Gasteiger partial charge on any atom is 0.268 e. The van der Waals surface area contributed by atoms with Gasteiger partial charge < -0.3 is 10.2 Å². The van der Waals surface area contributed by atoms with Crippen molar-refractivity contribution in [2.24, 2.45) is 5.16 Å². The van der Waals surface area contributed by atoms with Gasteiger partial charge >= 0.3 is 0 Å². The molecule has 0 spiro atoms. The van der Waals surface area contributed by atoms with Crippen molar-refractivity contribution in [2.75, 3.05) is 5.32 Å². The van der Waals surface area contributed by atoms with E-state index in [2.05, 4.69) is 10.5 Å². The molecule has 0 saturated carbocycles. The molecule has 1 atom stereocenters. The van der Waals surface area contributed by atoms with Crippen LogP contribution in [-0.4, -0.2) is 17.7 Å². The molecule has 1 heterocycles. The number of oxime groups is 1. The molecule has 1 aliphatic heterocycles. The Bertz CT molecular complexity index is 778. The van der Waals surface area contributed by atoms with Gasteiger partial charge in [-0.3, -0.25) is 4.79 Å². The lowest BCUT2D eigenvalue weighted by Crippen LogP contribution is -2.28. The first-order valence-electron chi connectivity index (χ1n) is 6.77. The molecule has 7 heteroatoms. The van der Waals surface area contributed by atoms with Crippen LogP contribution >= 0.6 is 23.2 Å². The van der Waals surface area contributed by atoms with Crippen LogP contribution in [-0.2, 0) is 9.63 Å². The maximum atomic E-state index is 12.9. The van der Waals surface area contributed by atoms with Gasteiger partial charge in [0.1, 0.15) is 5.82 Å². The van der Waals surface area contributed by atoms with E-state index >= 15 is 0 Å². The number of carbonyl (C=O) groups excluding carboxylic acids is 1. The topological polar surface area (TPSA) is 50.7 Å². The number of carbonyl (C=O) groups is 1. The average Bonchev–Trinajstić information content (AvgIpc) is 3.01. The second kappa shape index (κ2) is 6.56. The first-order valence-corrected chi connectivity index (χ1v) is 7.53. The highest BCUT2D eigenvalue weighted by atomic mass is 35.5. The molecule has 0 fully saturated rings. The zero-order chi connectivity index (χ0) is 16.4. The highest BCUT2D eigenvalue weighted by Crippen LogP contribution is 2.26. The van der Waals surface area contributed by atoms with Crippen molar-refractivity contribution in [1.29, 1.82) is 0 Å². The first kappa shape index (κ1) is 15.8. The molecule has 0 saturated heterocycles. The molecule has 1 aliphatic rings. The molecule has 0 aliphatic carbocycles. The second-order valence-electron chi connectivity index (χ2n) is 4.96. The lowest BCUT2D eigenvalue weighted by atomic mass is 10.0. The largest absolute Gasteiger partial charge is 0.382 e. The predicted octanol–water partition coefficient (Wildman–Crippen LogP) is 4.26. The fourth-order valence-corrected chi connectivity index (χ4v) is 2.59. The van der Waals surface area contributed by atoms with Crippen LogP contribution < -0.4 is 5.32 Å². The van der Waals surface area contributed by atoms with Gasteiger partial charge in [-0.25, -0.2) is 4.39 Å². The quantitative estimate of drug-likeness (QED) is 0.896. The summed E-state index contributed by atoms with van der Waals surface area (Å²) in [4.78, 5) is 17.4. The van der Waals surface area contributed by atoms with Gasteiger partial charge in [0.25, 0.3) is 5.91 Å². The molecular formula is C16H11Cl2FN2O2. The van der Waals surface area contributed by atoms with Gasteiger partial charge in [-0.05, 0) is 35.9 Å². The number of amides is 1. The number of benzene rings is 2. The lowest BCUT2D eigenvalue weighted by Gasteiger charge is -2.11. The summed E-state index contributed by atoms with van der Waals surface area (Å²) in [6, 6.07) is 10.6. The van der Waals surface area contributed by atoms with E-state index in [4.69, 9.17) is 28.0 Å². The van der Waals surface area contributed by atoms with Gasteiger partial charge in [0.2, 0.25) is 6.10 Å². The molecule has 0 bridgehead atoms. The van der Waals surface area contributed by atoms with E-state index in [-0.39, 0.29) is 11.7 Å². The van der Waals surface area contributed by atoms with Gasteiger partial charge in [-0.1, -0.05) is 40.5 Å². The molecule has 1 N–H and O–H groups in total. The van der Waals surface area contributed by atoms with E-state index in [0.717, 1.165) is 0 Å². The third kappa shape index (κ3) is 3.63. The summed E-state index contributed by atoms with van der Waals surface area (Å²) in [5, 5.41) is 7.38. The maximum absolute atomic E-state index is 12.9. The summed E-state index contributed by atoms with van der Waals surface area (Å²) in [6.07, 6.45) is -0.468. The zero-order valence-electron chi connectivity index (χ0n) is 11.7. The van der Waals surface area contributed by atoms with E-state index in [1.807, 2.05) is 0 Å². The van der Waals surface area contributed by atoms with Crippen LogP contribution in [0, 0.1) is 5.82 Å². The van der Waals surface area contributed by atoms with Gasteiger partial charge in [-0.15, -0.1) is 0 Å². The second-order valence-corrected chi connectivity index (χ2v) is 5.80. The average molecular weight is 353 g/mol. The van der Waals surface area contributed by atoms with E-state index < -0.39 is 6.10 Å². The molecule has 4 nitrogen and oxygen atoms in total. The Morgan fingerprint density at radius 1 is 1.22 bits per heavy atom. The van der Waals surface area contributed by atoms with Crippen LogP contribution in [0.15, 0.2) is 47.6 Å². The van der Waals surface area contributed by atoms with Gasteiger partial charge in [-0.2, -0.15) is 0 Å². The summed E-state index contributed by atoms with van der Waals surface area (Å²) in [5.74, 6) is -0.699.